The van der Waals surface area contributed by atoms with E-state index >= 15 is 0 Å². The maximum Gasteiger partial charge on any atom is 0.274 e. The lowest BCUT2D eigenvalue weighted by atomic mass is 10.3. The van der Waals surface area contributed by atoms with Crippen LogP contribution in [0.15, 0.2) is 48.7 Å². The number of carbonyl (C=O) groups is 1. The third-order valence-corrected chi connectivity index (χ3v) is 3.74. The highest BCUT2D eigenvalue weighted by atomic mass is 35.5. The number of rotatable bonds is 3. The summed E-state index contributed by atoms with van der Waals surface area (Å²) in [6.45, 7) is 0. The average molecular weight is 358 g/mol. The quantitative estimate of drug-likeness (QED) is 0.774. The van der Waals surface area contributed by atoms with Crippen molar-refractivity contribution in [2.24, 2.45) is 0 Å². The molecule has 6 nitrogen and oxygen atoms in total. The highest BCUT2D eigenvalue weighted by Gasteiger charge is 2.19. The molecular weight excluding hydrogens is 349 g/mol. The molecule has 2 heterocycles. The third kappa shape index (κ3) is 3.08. The SMILES string of the molecule is N#Cc1cc(C(=O)Nc2ccccc2Cl)n(-c2ncccc2Cl)n1. The Labute approximate surface area is 147 Å². The van der Waals surface area contributed by atoms with Gasteiger partial charge in [0.05, 0.1) is 15.7 Å². The van der Waals surface area contributed by atoms with Gasteiger partial charge in [0.1, 0.15) is 11.8 Å². The number of benzene rings is 1. The highest BCUT2D eigenvalue weighted by molar-refractivity contribution is 6.34. The van der Waals surface area contributed by atoms with Crippen molar-refractivity contribution in [2.75, 3.05) is 5.32 Å². The number of nitrogens with one attached hydrogen (secondary N) is 1. The molecule has 0 saturated heterocycles. The van der Waals surface area contributed by atoms with Crippen molar-refractivity contribution in [1.29, 1.82) is 5.26 Å². The van der Waals surface area contributed by atoms with Crippen LogP contribution in [0.2, 0.25) is 10.0 Å². The highest BCUT2D eigenvalue weighted by Crippen LogP contribution is 2.23. The molecule has 0 unspecified atom stereocenters. The minimum absolute atomic E-state index is 0.0704. The van der Waals surface area contributed by atoms with Crippen molar-refractivity contribution in [3.8, 4) is 11.9 Å². The molecule has 0 fully saturated rings. The number of nitriles is 1. The molecule has 0 aliphatic carbocycles. The van der Waals surface area contributed by atoms with E-state index < -0.39 is 5.91 Å². The van der Waals surface area contributed by atoms with Gasteiger partial charge in [0.25, 0.3) is 5.91 Å². The van der Waals surface area contributed by atoms with Gasteiger partial charge in [0, 0.05) is 12.3 Å². The van der Waals surface area contributed by atoms with Crippen molar-refractivity contribution in [1.82, 2.24) is 14.8 Å². The van der Waals surface area contributed by atoms with E-state index in [-0.39, 0.29) is 17.2 Å². The molecule has 0 radical (unpaired) electrons. The zero-order chi connectivity index (χ0) is 17.1. The fraction of sp³-hybridized carbons (Fsp3) is 0. The van der Waals surface area contributed by atoms with Crippen molar-refractivity contribution in [3.63, 3.8) is 0 Å². The molecule has 0 spiro atoms. The first-order chi connectivity index (χ1) is 11.6. The van der Waals surface area contributed by atoms with Crippen molar-refractivity contribution >= 4 is 34.8 Å². The Morgan fingerprint density at radius 1 is 1.17 bits per heavy atom. The van der Waals surface area contributed by atoms with E-state index in [0.717, 1.165) is 0 Å². The van der Waals surface area contributed by atoms with Crippen LogP contribution in [-0.4, -0.2) is 20.7 Å². The topological polar surface area (TPSA) is 83.6 Å². The minimum atomic E-state index is -0.487. The first-order valence-electron chi connectivity index (χ1n) is 6.77. The van der Waals surface area contributed by atoms with Gasteiger partial charge in [-0.3, -0.25) is 4.79 Å². The summed E-state index contributed by atoms with van der Waals surface area (Å²) in [6, 6.07) is 13.4. The lowest BCUT2D eigenvalue weighted by Crippen LogP contribution is -2.17. The van der Waals surface area contributed by atoms with Crippen molar-refractivity contribution < 1.29 is 4.79 Å². The normalized spacial score (nSPS) is 10.2. The van der Waals surface area contributed by atoms with Gasteiger partial charge in [0.15, 0.2) is 11.5 Å². The second-order valence-electron chi connectivity index (χ2n) is 4.68. The predicted octanol–water partition coefficient (Wildman–Crippen LogP) is 3.70. The van der Waals surface area contributed by atoms with Crippen LogP contribution in [0.1, 0.15) is 16.2 Å². The number of halogens is 2. The molecule has 1 N–H and O–H groups in total. The number of anilines is 1. The zero-order valence-corrected chi connectivity index (χ0v) is 13.6. The van der Waals surface area contributed by atoms with Gasteiger partial charge in [-0.2, -0.15) is 10.4 Å². The summed E-state index contributed by atoms with van der Waals surface area (Å²) in [7, 11) is 0. The van der Waals surface area contributed by atoms with Crippen LogP contribution in [0.5, 0.6) is 0 Å². The van der Waals surface area contributed by atoms with E-state index in [1.54, 1.807) is 36.4 Å². The van der Waals surface area contributed by atoms with Crippen LogP contribution < -0.4 is 5.32 Å². The lowest BCUT2D eigenvalue weighted by Gasteiger charge is -2.09. The fourth-order valence-electron chi connectivity index (χ4n) is 2.04. The Balaban J connectivity index is 2.03. The van der Waals surface area contributed by atoms with Crippen molar-refractivity contribution in [3.05, 3.63) is 70.1 Å². The second-order valence-corrected chi connectivity index (χ2v) is 5.50. The smallest absolute Gasteiger partial charge is 0.274 e. The van der Waals surface area contributed by atoms with Crippen LogP contribution in [0, 0.1) is 11.3 Å². The number of amides is 1. The van der Waals surface area contributed by atoms with E-state index in [1.165, 1.54) is 16.9 Å². The third-order valence-electron chi connectivity index (χ3n) is 3.12. The van der Waals surface area contributed by atoms with E-state index in [1.807, 2.05) is 6.07 Å². The molecule has 3 rings (SSSR count). The number of pyridine rings is 1. The maximum absolute atomic E-state index is 12.6. The monoisotopic (exact) mass is 357 g/mol. The van der Waals surface area contributed by atoms with E-state index in [2.05, 4.69) is 15.4 Å². The molecule has 24 heavy (non-hydrogen) atoms. The summed E-state index contributed by atoms with van der Waals surface area (Å²) < 4.78 is 1.23. The van der Waals surface area contributed by atoms with Gasteiger partial charge >= 0.3 is 0 Å². The Kier molecular flexibility index (Phi) is 4.47. The van der Waals surface area contributed by atoms with E-state index in [9.17, 15) is 4.79 Å². The van der Waals surface area contributed by atoms with E-state index in [0.29, 0.717) is 15.7 Å². The van der Waals surface area contributed by atoms with Crippen LogP contribution in [0.3, 0.4) is 0 Å². The number of carbonyl (C=O) groups excluding carboxylic acids is 1. The summed E-state index contributed by atoms with van der Waals surface area (Å²) in [5.74, 6) is -0.233. The lowest BCUT2D eigenvalue weighted by molar-refractivity contribution is 0.101. The van der Waals surface area contributed by atoms with Crippen LogP contribution >= 0.6 is 23.2 Å². The van der Waals surface area contributed by atoms with Crippen LogP contribution in [-0.2, 0) is 0 Å². The first-order valence-corrected chi connectivity index (χ1v) is 7.52. The zero-order valence-electron chi connectivity index (χ0n) is 12.1. The molecule has 8 heteroatoms. The summed E-state index contributed by atoms with van der Waals surface area (Å²) in [5.41, 5.74) is 0.635. The van der Waals surface area contributed by atoms with Crippen molar-refractivity contribution in [2.45, 2.75) is 0 Å². The summed E-state index contributed by atoms with van der Waals surface area (Å²) in [4.78, 5) is 16.7. The molecule has 0 atom stereocenters. The molecule has 118 valence electrons. The van der Waals surface area contributed by atoms with Gasteiger partial charge in [0.2, 0.25) is 0 Å². The van der Waals surface area contributed by atoms with Gasteiger partial charge in [-0.15, -0.1) is 0 Å². The Hall–Kier alpha value is -2.88. The number of para-hydroxylation sites is 1. The summed E-state index contributed by atoms with van der Waals surface area (Å²) >= 11 is 12.2. The number of nitrogens with zero attached hydrogens (tertiary/aromatic N) is 4. The summed E-state index contributed by atoms with van der Waals surface area (Å²) in [5, 5.41) is 16.5. The van der Waals surface area contributed by atoms with Crippen LogP contribution in [0.25, 0.3) is 5.82 Å². The summed E-state index contributed by atoms with van der Waals surface area (Å²) in [6.07, 6.45) is 1.52. The minimum Gasteiger partial charge on any atom is -0.319 e. The van der Waals surface area contributed by atoms with Gasteiger partial charge < -0.3 is 5.32 Å². The molecular formula is C16H9Cl2N5O. The molecule has 0 aliphatic heterocycles. The van der Waals surface area contributed by atoms with Gasteiger partial charge in [-0.25, -0.2) is 9.67 Å². The Bertz CT molecular complexity index is 961. The molecule has 3 aromatic rings. The fourth-order valence-corrected chi connectivity index (χ4v) is 2.43. The van der Waals surface area contributed by atoms with Gasteiger partial charge in [-0.1, -0.05) is 35.3 Å². The average Bonchev–Trinajstić information content (AvgIpc) is 3.02. The Morgan fingerprint density at radius 3 is 2.62 bits per heavy atom. The first kappa shape index (κ1) is 16.0. The molecule has 0 saturated carbocycles. The second kappa shape index (κ2) is 6.71. The number of hydrogen-bond donors (Lipinski definition) is 1. The van der Waals surface area contributed by atoms with Gasteiger partial charge in [-0.05, 0) is 24.3 Å². The molecule has 1 amide bonds. The Morgan fingerprint density at radius 2 is 1.92 bits per heavy atom. The maximum atomic E-state index is 12.6. The molecule has 0 bridgehead atoms. The largest absolute Gasteiger partial charge is 0.319 e. The standard InChI is InChI=1S/C16H9Cl2N5O/c17-11-4-1-2-6-13(11)21-16(24)14-8-10(9-19)22-23(14)15-12(18)5-3-7-20-15/h1-8H,(H,21,24). The predicted molar refractivity (Wildman–Crippen MR) is 90.5 cm³/mol. The number of aromatic nitrogens is 3. The van der Waals surface area contributed by atoms with E-state index in [4.69, 9.17) is 28.5 Å². The van der Waals surface area contributed by atoms with Crippen LogP contribution in [0.4, 0.5) is 5.69 Å². The number of hydrogen-bond acceptors (Lipinski definition) is 4. The molecule has 2 aromatic heterocycles. The molecule has 1 aromatic carbocycles. The molecule has 0 aliphatic rings.